The largest absolute Gasteiger partial charge is 0.373 e. The lowest BCUT2D eigenvalue weighted by Gasteiger charge is -2.08. The van der Waals surface area contributed by atoms with Crippen LogP contribution >= 0.6 is 0 Å². The van der Waals surface area contributed by atoms with Crippen molar-refractivity contribution in [3.05, 3.63) is 48.7 Å². The van der Waals surface area contributed by atoms with Crippen molar-refractivity contribution in [1.82, 2.24) is 4.98 Å². The Morgan fingerprint density at radius 1 is 1.06 bits per heavy atom. The topological polar surface area (TPSA) is 71.1 Å². The number of nitrogens with zero attached hydrogens (tertiary/aromatic N) is 1. The van der Waals surface area contributed by atoms with Gasteiger partial charge in [0, 0.05) is 18.9 Å². The SMILES string of the molecule is CNc1ccc(S(=O)(=O)Nc2ccccc2)cn1. The van der Waals surface area contributed by atoms with E-state index in [1.807, 2.05) is 6.07 Å². The van der Waals surface area contributed by atoms with Gasteiger partial charge in [-0.05, 0) is 24.3 Å². The number of aromatic nitrogens is 1. The van der Waals surface area contributed by atoms with E-state index in [4.69, 9.17) is 0 Å². The van der Waals surface area contributed by atoms with Crippen LogP contribution in [-0.2, 0) is 10.0 Å². The third-order valence-electron chi connectivity index (χ3n) is 2.33. The minimum absolute atomic E-state index is 0.130. The van der Waals surface area contributed by atoms with Crippen molar-refractivity contribution in [1.29, 1.82) is 0 Å². The minimum Gasteiger partial charge on any atom is -0.373 e. The van der Waals surface area contributed by atoms with E-state index in [2.05, 4.69) is 15.0 Å². The Morgan fingerprint density at radius 2 is 1.78 bits per heavy atom. The molecule has 0 bridgehead atoms. The van der Waals surface area contributed by atoms with E-state index in [9.17, 15) is 8.42 Å². The number of hydrogen-bond donors (Lipinski definition) is 2. The molecule has 0 radical (unpaired) electrons. The number of pyridine rings is 1. The second-order valence-electron chi connectivity index (χ2n) is 3.60. The van der Waals surface area contributed by atoms with Gasteiger partial charge in [-0.3, -0.25) is 4.72 Å². The van der Waals surface area contributed by atoms with Crippen molar-refractivity contribution >= 4 is 21.5 Å². The Hall–Kier alpha value is -2.08. The van der Waals surface area contributed by atoms with Gasteiger partial charge < -0.3 is 5.32 Å². The maximum atomic E-state index is 12.0. The van der Waals surface area contributed by atoms with Crippen LogP contribution in [0.5, 0.6) is 0 Å². The molecule has 18 heavy (non-hydrogen) atoms. The molecule has 0 saturated carbocycles. The average molecular weight is 263 g/mol. The summed E-state index contributed by atoms with van der Waals surface area (Å²) in [6.45, 7) is 0. The quantitative estimate of drug-likeness (QED) is 0.884. The summed E-state index contributed by atoms with van der Waals surface area (Å²) >= 11 is 0. The Morgan fingerprint density at radius 3 is 2.33 bits per heavy atom. The molecule has 2 N–H and O–H groups in total. The van der Waals surface area contributed by atoms with Crippen LogP contribution in [0.1, 0.15) is 0 Å². The number of rotatable bonds is 4. The Balaban J connectivity index is 2.25. The molecular weight excluding hydrogens is 250 g/mol. The van der Waals surface area contributed by atoms with Crippen LogP contribution in [0, 0.1) is 0 Å². The smallest absolute Gasteiger partial charge is 0.263 e. The molecule has 2 aromatic rings. The number of nitrogens with one attached hydrogen (secondary N) is 2. The van der Waals surface area contributed by atoms with Gasteiger partial charge in [0.2, 0.25) is 0 Å². The molecule has 0 fully saturated rings. The fourth-order valence-corrected chi connectivity index (χ4v) is 2.41. The molecule has 0 spiro atoms. The first kappa shape index (κ1) is 12.4. The van der Waals surface area contributed by atoms with Gasteiger partial charge in [-0.1, -0.05) is 18.2 Å². The first-order chi connectivity index (χ1) is 8.62. The van der Waals surface area contributed by atoms with Crippen LogP contribution in [0.25, 0.3) is 0 Å². The molecule has 0 amide bonds. The molecule has 6 heteroatoms. The summed E-state index contributed by atoms with van der Waals surface area (Å²) in [5.41, 5.74) is 0.523. The number of hydrogen-bond acceptors (Lipinski definition) is 4. The number of benzene rings is 1. The third kappa shape index (κ3) is 2.78. The number of anilines is 2. The summed E-state index contributed by atoms with van der Waals surface area (Å²) in [4.78, 5) is 4.10. The Bertz CT molecular complexity index is 610. The van der Waals surface area contributed by atoms with E-state index in [1.165, 1.54) is 12.3 Å². The molecule has 1 aromatic heterocycles. The van der Waals surface area contributed by atoms with E-state index < -0.39 is 10.0 Å². The summed E-state index contributed by atoms with van der Waals surface area (Å²) in [6.07, 6.45) is 1.32. The van der Waals surface area contributed by atoms with E-state index >= 15 is 0 Å². The molecule has 1 aromatic carbocycles. The van der Waals surface area contributed by atoms with Gasteiger partial charge in [0.25, 0.3) is 10.0 Å². The Kier molecular flexibility index (Phi) is 3.47. The minimum atomic E-state index is -3.58. The normalized spacial score (nSPS) is 10.9. The lowest BCUT2D eigenvalue weighted by molar-refractivity contribution is 0.601. The van der Waals surface area contributed by atoms with E-state index in [1.54, 1.807) is 37.4 Å². The summed E-state index contributed by atoms with van der Waals surface area (Å²) in [7, 11) is -1.86. The second-order valence-corrected chi connectivity index (χ2v) is 5.28. The van der Waals surface area contributed by atoms with Gasteiger partial charge in [0.1, 0.15) is 10.7 Å². The molecule has 1 heterocycles. The molecule has 0 aliphatic rings. The highest BCUT2D eigenvalue weighted by atomic mass is 32.2. The molecule has 5 nitrogen and oxygen atoms in total. The first-order valence-electron chi connectivity index (χ1n) is 5.33. The van der Waals surface area contributed by atoms with Crippen molar-refractivity contribution in [3.8, 4) is 0 Å². The summed E-state index contributed by atoms with van der Waals surface area (Å²) in [5, 5.41) is 2.83. The lowest BCUT2D eigenvalue weighted by Crippen LogP contribution is -2.13. The zero-order chi connectivity index (χ0) is 13.0. The lowest BCUT2D eigenvalue weighted by atomic mass is 10.3. The van der Waals surface area contributed by atoms with Crippen molar-refractivity contribution in [2.24, 2.45) is 0 Å². The zero-order valence-corrected chi connectivity index (χ0v) is 10.6. The van der Waals surface area contributed by atoms with Gasteiger partial charge in [0.05, 0.1) is 0 Å². The van der Waals surface area contributed by atoms with E-state index in [-0.39, 0.29) is 4.90 Å². The summed E-state index contributed by atoms with van der Waals surface area (Å²) < 4.78 is 26.5. The molecular formula is C12H13N3O2S. The van der Waals surface area contributed by atoms with Crippen LogP contribution < -0.4 is 10.0 Å². The average Bonchev–Trinajstić information content (AvgIpc) is 2.39. The molecule has 0 saturated heterocycles. The highest BCUT2D eigenvalue weighted by Crippen LogP contribution is 2.15. The van der Waals surface area contributed by atoms with Crippen molar-refractivity contribution in [2.45, 2.75) is 4.90 Å². The predicted molar refractivity (Wildman–Crippen MR) is 71.0 cm³/mol. The summed E-state index contributed by atoms with van der Waals surface area (Å²) in [6, 6.07) is 11.8. The standard InChI is InChI=1S/C12H13N3O2S/c1-13-12-8-7-11(9-14-12)18(16,17)15-10-5-3-2-4-6-10/h2-9,15H,1H3,(H,13,14). The van der Waals surface area contributed by atoms with Gasteiger partial charge in [-0.15, -0.1) is 0 Å². The Labute approximate surface area is 106 Å². The van der Waals surface area contributed by atoms with E-state index in [0.717, 1.165) is 0 Å². The van der Waals surface area contributed by atoms with Crippen LogP contribution in [0.15, 0.2) is 53.6 Å². The highest BCUT2D eigenvalue weighted by molar-refractivity contribution is 7.92. The third-order valence-corrected chi connectivity index (χ3v) is 3.70. The van der Waals surface area contributed by atoms with Gasteiger partial charge in [-0.25, -0.2) is 13.4 Å². The predicted octanol–water partition coefficient (Wildman–Crippen LogP) is 1.92. The summed E-state index contributed by atoms with van der Waals surface area (Å²) in [5.74, 6) is 0.619. The van der Waals surface area contributed by atoms with Crippen LogP contribution in [0.3, 0.4) is 0 Å². The van der Waals surface area contributed by atoms with Gasteiger partial charge in [-0.2, -0.15) is 0 Å². The van der Waals surface area contributed by atoms with Crippen molar-refractivity contribution in [3.63, 3.8) is 0 Å². The fourth-order valence-electron chi connectivity index (χ4n) is 1.41. The van der Waals surface area contributed by atoms with Crippen LogP contribution in [0.4, 0.5) is 11.5 Å². The van der Waals surface area contributed by atoms with E-state index in [0.29, 0.717) is 11.5 Å². The molecule has 0 aliphatic heterocycles. The number of sulfonamides is 1. The van der Waals surface area contributed by atoms with Crippen LogP contribution in [-0.4, -0.2) is 20.4 Å². The number of para-hydroxylation sites is 1. The van der Waals surface area contributed by atoms with Gasteiger partial charge in [0.15, 0.2) is 0 Å². The van der Waals surface area contributed by atoms with Crippen molar-refractivity contribution < 1.29 is 8.42 Å². The molecule has 2 rings (SSSR count). The molecule has 0 atom stereocenters. The maximum absolute atomic E-state index is 12.0. The molecule has 94 valence electrons. The molecule has 0 unspecified atom stereocenters. The highest BCUT2D eigenvalue weighted by Gasteiger charge is 2.14. The maximum Gasteiger partial charge on any atom is 0.263 e. The fraction of sp³-hybridized carbons (Fsp3) is 0.0833. The van der Waals surface area contributed by atoms with Crippen LogP contribution in [0.2, 0.25) is 0 Å². The first-order valence-corrected chi connectivity index (χ1v) is 6.82. The monoisotopic (exact) mass is 263 g/mol. The molecule has 0 aliphatic carbocycles. The zero-order valence-electron chi connectivity index (χ0n) is 9.79. The van der Waals surface area contributed by atoms with Gasteiger partial charge >= 0.3 is 0 Å². The second kappa shape index (κ2) is 5.05. The van der Waals surface area contributed by atoms with Crippen molar-refractivity contribution in [2.75, 3.05) is 17.1 Å².